The summed E-state index contributed by atoms with van der Waals surface area (Å²) >= 11 is 1.12. The molecule has 0 bridgehead atoms. The number of nitrogens with one attached hydrogen (secondary N) is 2. The lowest BCUT2D eigenvalue weighted by atomic mass is 10.2. The van der Waals surface area contributed by atoms with E-state index >= 15 is 0 Å². The number of rotatable bonds is 6. The molecule has 0 radical (unpaired) electrons. The van der Waals surface area contributed by atoms with Crippen LogP contribution in [0.2, 0.25) is 0 Å². The Morgan fingerprint density at radius 3 is 2.64 bits per heavy atom. The Kier molecular flexibility index (Phi) is 6.68. The molecule has 0 atom stereocenters. The van der Waals surface area contributed by atoms with Crippen LogP contribution in [0.15, 0.2) is 58.5 Å². The van der Waals surface area contributed by atoms with Crippen molar-refractivity contribution in [3.8, 4) is 0 Å². The number of para-hydroxylation sites is 1. The van der Waals surface area contributed by atoms with Crippen molar-refractivity contribution in [2.45, 2.75) is 36.9 Å². The third-order valence-electron chi connectivity index (χ3n) is 5.43. The first-order valence-electron chi connectivity index (χ1n) is 10.4. The molecule has 0 unspecified atom stereocenters. The van der Waals surface area contributed by atoms with E-state index in [0.717, 1.165) is 43.5 Å². The summed E-state index contributed by atoms with van der Waals surface area (Å²) in [7, 11) is 0. The van der Waals surface area contributed by atoms with Crippen LogP contribution in [0.1, 0.15) is 42.1 Å². The smallest absolute Gasteiger partial charge is 0.270 e. The number of hydrogen-bond donors (Lipinski definition) is 2. The third kappa shape index (κ3) is 5.03. The van der Waals surface area contributed by atoms with Crippen molar-refractivity contribution in [3.05, 3.63) is 74.6 Å². The van der Waals surface area contributed by atoms with Gasteiger partial charge in [0.1, 0.15) is 0 Å². The molecule has 10 nitrogen and oxygen atoms in total. The van der Waals surface area contributed by atoms with Gasteiger partial charge in [-0.15, -0.1) is 0 Å². The summed E-state index contributed by atoms with van der Waals surface area (Å²) in [5.41, 5.74) is 4.82. The minimum atomic E-state index is -0.677. The number of fused-ring (bicyclic) bond motifs is 1. The molecule has 1 heterocycles. The van der Waals surface area contributed by atoms with Crippen LogP contribution in [-0.2, 0) is 4.79 Å². The van der Waals surface area contributed by atoms with Crippen molar-refractivity contribution in [2.75, 3.05) is 5.75 Å². The summed E-state index contributed by atoms with van der Waals surface area (Å²) in [5, 5.41) is 11.9. The summed E-state index contributed by atoms with van der Waals surface area (Å²) in [6, 6.07) is 12.4. The number of aromatic nitrogens is 2. The van der Waals surface area contributed by atoms with Crippen molar-refractivity contribution < 1.29 is 14.5 Å². The second kappa shape index (κ2) is 9.82. The van der Waals surface area contributed by atoms with Crippen molar-refractivity contribution in [1.29, 1.82) is 0 Å². The van der Waals surface area contributed by atoms with Gasteiger partial charge in [-0.05, 0) is 31.0 Å². The first-order valence-corrected chi connectivity index (χ1v) is 11.4. The number of thioether (sulfide) groups is 1. The number of carbonyl (C=O) groups excluding carboxylic acids is 2. The topological polar surface area (TPSA) is 136 Å². The molecule has 2 amide bonds. The molecule has 0 spiro atoms. The van der Waals surface area contributed by atoms with Gasteiger partial charge in [0.05, 0.1) is 21.6 Å². The van der Waals surface area contributed by atoms with Crippen LogP contribution in [0, 0.1) is 10.1 Å². The summed E-state index contributed by atoms with van der Waals surface area (Å²) in [5.74, 6) is -1.25. The van der Waals surface area contributed by atoms with Gasteiger partial charge in [-0.3, -0.25) is 39.9 Å². The second-order valence-electron chi connectivity index (χ2n) is 7.62. The monoisotopic (exact) mass is 467 g/mol. The van der Waals surface area contributed by atoms with Crippen LogP contribution in [0.25, 0.3) is 10.9 Å². The molecule has 1 saturated carbocycles. The van der Waals surface area contributed by atoms with E-state index in [4.69, 9.17) is 0 Å². The lowest BCUT2D eigenvalue weighted by Crippen LogP contribution is -2.42. The molecule has 1 fully saturated rings. The average molecular weight is 468 g/mol. The zero-order valence-electron chi connectivity index (χ0n) is 17.5. The number of nitro groups is 1. The number of carbonyl (C=O) groups is 2. The lowest BCUT2D eigenvalue weighted by Gasteiger charge is -2.18. The van der Waals surface area contributed by atoms with Crippen molar-refractivity contribution in [3.63, 3.8) is 0 Å². The molecule has 0 saturated heterocycles. The standard InChI is InChI=1S/C22H21N5O5S/c28-19(24-25-20(29)14-6-5-9-16(12-14)27(31)32)13-33-22-23-18-11-4-3-10-17(18)21(30)26(22)15-7-1-2-8-15/h3-6,9-12,15H,1-2,7-8,13H2,(H,24,28)(H,25,29). The molecule has 1 aliphatic carbocycles. The fraction of sp³-hybridized carbons (Fsp3) is 0.273. The Morgan fingerprint density at radius 1 is 1.12 bits per heavy atom. The zero-order chi connectivity index (χ0) is 23.4. The van der Waals surface area contributed by atoms with Crippen LogP contribution in [0.3, 0.4) is 0 Å². The highest BCUT2D eigenvalue weighted by Crippen LogP contribution is 2.32. The molecule has 170 valence electrons. The Hall–Kier alpha value is -3.73. The Balaban J connectivity index is 1.45. The van der Waals surface area contributed by atoms with E-state index in [9.17, 15) is 24.5 Å². The van der Waals surface area contributed by atoms with E-state index in [-0.39, 0.29) is 28.6 Å². The third-order valence-corrected chi connectivity index (χ3v) is 6.38. The van der Waals surface area contributed by atoms with Crippen LogP contribution >= 0.6 is 11.8 Å². The number of non-ortho nitro benzene ring substituents is 1. The number of amides is 2. The van der Waals surface area contributed by atoms with E-state index in [1.165, 1.54) is 18.2 Å². The van der Waals surface area contributed by atoms with E-state index in [1.54, 1.807) is 28.8 Å². The Bertz CT molecular complexity index is 1290. The predicted octanol–water partition coefficient (Wildman–Crippen LogP) is 2.97. The highest BCUT2D eigenvalue weighted by Gasteiger charge is 2.23. The van der Waals surface area contributed by atoms with Gasteiger partial charge in [0.2, 0.25) is 5.91 Å². The maximum absolute atomic E-state index is 13.1. The lowest BCUT2D eigenvalue weighted by molar-refractivity contribution is -0.384. The second-order valence-corrected chi connectivity index (χ2v) is 8.57. The molecule has 1 aliphatic rings. The molecule has 1 aromatic heterocycles. The first kappa shape index (κ1) is 22.5. The van der Waals surface area contributed by atoms with Gasteiger partial charge in [0.25, 0.3) is 17.2 Å². The fourth-order valence-corrected chi connectivity index (χ4v) is 4.70. The van der Waals surface area contributed by atoms with Gasteiger partial charge >= 0.3 is 0 Å². The predicted molar refractivity (Wildman–Crippen MR) is 123 cm³/mol. The number of hydrogen-bond acceptors (Lipinski definition) is 7. The molecule has 2 N–H and O–H groups in total. The van der Waals surface area contributed by atoms with Gasteiger partial charge in [0.15, 0.2) is 5.16 Å². The number of nitro benzene ring substituents is 1. The largest absolute Gasteiger partial charge is 0.284 e. The molecular weight excluding hydrogens is 446 g/mol. The van der Waals surface area contributed by atoms with E-state index < -0.39 is 16.7 Å². The van der Waals surface area contributed by atoms with Gasteiger partial charge < -0.3 is 0 Å². The van der Waals surface area contributed by atoms with E-state index in [2.05, 4.69) is 15.8 Å². The van der Waals surface area contributed by atoms with E-state index in [1.807, 2.05) is 0 Å². The van der Waals surface area contributed by atoms with Crippen LogP contribution in [0.5, 0.6) is 0 Å². The van der Waals surface area contributed by atoms with Crippen LogP contribution < -0.4 is 16.4 Å². The van der Waals surface area contributed by atoms with Crippen LogP contribution in [-0.4, -0.2) is 32.0 Å². The normalized spacial score (nSPS) is 13.7. The summed E-state index contributed by atoms with van der Waals surface area (Å²) in [6.07, 6.45) is 3.86. The van der Waals surface area contributed by atoms with E-state index in [0.29, 0.717) is 16.1 Å². The zero-order valence-corrected chi connectivity index (χ0v) is 18.3. The van der Waals surface area contributed by atoms with Gasteiger partial charge in [-0.1, -0.05) is 42.8 Å². The number of benzene rings is 2. The van der Waals surface area contributed by atoms with Gasteiger partial charge in [-0.2, -0.15) is 0 Å². The maximum Gasteiger partial charge on any atom is 0.270 e. The first-order chi connectivity index (χ1) is 15.9. The summed E-state index contributed by atoms with van der Waals surface area (Å²) < 4.78 is 1.69. The summed E-state index contributed by atoms with van der Waals surface area (Å²) in [4.78, 5) is 52.5. The molecule has 2 aromatic carbocycles. The van der Waals surface area contributed by atoms with Crippen LogP contribution in [0.4, 0.5) is 5.69 Å². The van der Waals surface area contributed by atoms with Crippen molar-refractivity contribution in [2.24, 2.45) is 0 Å². The number of nitrogens with zero attached hydrogens (tertiary/aromatic N) is 3. The average Bonchev–Trinajstić information content (AvgIpc) is 3.35. The van der Waals surface area contributed by atoms with Gasteiger partial charge in [-0.25, -0.2) is 4.98 Å². The SMILES string of the molecule is O=C(CSc1nc2ccccc2c(=O)n1C1CCCC1)NNC(=O)c1cccc([N+](=O)[O-])c1. The Labute approximate surface area is 192 Å². The molecule has 11 heteroatoms. The summed E-state index contributed by atoms with van der Waals surface area (Å²) in [6.45, 7) is 0. The van der Waals surface area contributed by atoms with Gasteiger partial charge in [0, 0.05) is 23.7 Å². The van der Waals surface area contributed by atoms with Crippen molar-refractivity contribution in [1.82, 2.24) is 20.4 Å². The minimum Gasteiger partial charge on any atom is -0.284 e. The molecule has 3 aromatic rings. The quantitative estimate of drug-likeness (QED) is 0.246. The highest BCUT2D eigenvalue weighted by molar-refractivity contribution is 7.99. The molecular formula is C22H21N5O5S. The highest BCUT2D eigenvalue weighted by atomic mass is 32.2. The Morgan fingerprint density at radius 2 is 1.88 bits per heavy atom. The molecule has 33 heavy (non-hydrogen) atoms. The fourth-order valence-electron chi connectivity index (χ4n) is 3.84. The van der Waals surface area contributed by atoms with Crippen molar-refractivity contribution >= 4 is 40.2 Å². The maximum atomic E-state index is 13.1. The molecule has 4 rings (SSSR count). The molecule has 0 aliphatic heterocycles. The number of hydrazine groups is 1. The minimum absolute atomic E-state index is 0.0448.